The number of carbonyl (C=O) groups excluding carboxylic acids is 1. The maximum absolute atomic E-state index is 12.2. The Morgan fingerprint density at radius 3 is 2.86 bits per heavy atom. The van der Waals surface area contributed by atoms with Crippen LogP contribution in [0.25, 0.3) is 0 Å². The molecule has 1 aromatic heterocycles. The summed E-state index contributed by atoms with van der Waals surface area (Å²) in [5.74, 6) is 6.48. The Hall–Kier alpha value is -1.73. The molecule has 2 rings (SSSR count). The van der Waals surface area contributed by atoms with Crippen molar-refractivity contribution in [2.24, 2.45) is 0 Å². The second-order valence-corrected chi connectivity index (χ2v) is 6.46. The normalized spacial score (nSPS) is 12.1. The highest BCUT2D eigenvalue weighted by molar-refractivity contribution is 8.00. The summed E-state index contributed by atoms with van der Waals surface area (Å²) < 4.78 is 1.44. The molecule has 0 saturated carbocycles. The number of nitrogens with zero attached hydrogens (tertiary/aromatic N) is 3. The van der Waals surface area contributed by atoms with Crippen LogP contribution in [0.1, 0.15) is 26.1 Å². The van der Waals surface area contributed by atoms with Crippen molar-refractivity contribution in [1.82, 2.24) is 14.9 Å². The van der Waals surface area contributed by atoms with Gasteiger partial charge in [-0.1, -0.05) is 42.4 Å². The van der Waals surface area contributed by atoms with Gasteiger partial charge in [0, 0.05) is 6.42 Å². The molecular weight excluding hydrogens is 322 g/mol. The van der Waals surface area contributed by atoms with Gasteiger partial charge in [0.05, 0.1) is 16.0 Å². The first-order valence-electron chi connectivity index (χ1n) is 6.94. The number of nitrogen functional groups attached to an aromatic ring is 1. The molecule has 8 heteroatoms. The number of rotatable bonds is 6. The van der Waals surface area contributed by atoms with Crippen LogP contribution in [0.4, 0.5) is 5.69 Å². The maximum atomic E-state index is 12.2. The lowest BCUT2D eigenvalue weighted by Crippen LogP contribution is -2.24. The zero-order valence-corrected chi connectivity index (χ0v) is 14.0. The predicted octanol–water partition coefficient (Wildman–Crippen LogP) is 2.72. The first kappa shape index (κ1) is 16.6. The molecule has 0 fully saturated rings. The minimum Gasteiger partial charge on any atom is -0.336 e. The van der Waals surface area contributed by atoms with Crippen LogP contribution in [0.2, 0.25) is 5.02 Å². The predicted molar refractivity (Wildman–Crippen MR) is 89.6 cm³/mol. The van der Waals surface area contributed by atoms with Crippen molar-refractivity contribution in [3.05, 3.63) is 35.1 Å². The van der Waals surface area contributed by atoms with Gasteiger partial charge in [0.1, 0.15) is 0 Å². The third-order valence-electron chi connectivity index (χ3n) is 2.99. The second kappa shape index (κ2) is 7.51. The van der Waals surface area contributed by atoms with Gasteiger partial charge in [0.2, 0.25) is 11.1 Å². The Kier molecular flexibility index (Phi) is 5.68. The minimum atomic E-state index is -0.378. The van der Waals surface area contributed by atoms with Crippen molar-refractivity contribution in [2.45, 2.75) is 37.1 Å². The minimum absolute atomic E-state index is 0.168. The Morgan fingerprint density at radius 2 is 2.18 bits per heavy atom. The molecule has 1 amide bonds. The third kappa shape index (κ3) is 3.92. The molecule has 3 N–H and O–H groups in total. The van der Waals surface area contributed by atoms with Gasteiger partial charge in [0.25, 0.3) is 0 Å². The lowest BCUT2D eigenvalue weighted by Gasteiger charge is -2.12. The maximum Gasteiger partial charge on any atom is 0.237 e. The van der Waals surface area contributed by atoms with E-state index < -0.39 is 0 Å². The summed E-state index contributed by atoms with van der Waals surface area (Å²) in [4.78, 5) is 12.2. The molecule has 0 aliphatic rings. The van der Waals surface area contributed by atoms with E-state index in [0.717, 1.165) is 12.8 Å². The summed E-state index contributed by atoms with van der Waals surface area (Å²) in [6.07, 6.45) is 1.69. The standard InChI is InChI=1S/C14H18ClN5OS/c1-3-6-12-18-19-14(20(12)16)22-9(2)13(21)17-11-8-5-4-7-10(11)15/h4-5,7-9H,3,6,16H2,1-2H3,(H,17,21). The van der Waals surface area contributed by atoms with Gasteiger partial charge in [-0.25, -0.2) is 4.68 Å². The fourth-order valence-electron chi connectivity index (χ4n) is 1.79. The number of amides is 1. The Bertz CT molecular complexity index is 660. The number of nitrogens with two attached hydrogens (primary N) is 1. The van der Waals surface area contributed by atoms with Crippen molar-refractivity contribution in [1.29, 1.82) is 0 Å². The molecule has 0 bridgehead atoms. The SMILES string of the molecule is CCCc1nnc(SC(C)C(=O)Nc2ccccc2Cl)n1N. The van der Waals surface area contributed by atoms with Crippen LogP contribution in [0, 0.1) is 0 Å². The third-order valence-corrected chi connectivity index (χ3v) is 4.38. The van der Waals surface area contributed by atoms with Gasteiger partial charge in [-0.05, 0) is 25.5 Å². The molecule has 2 aromatic rings. The first-order chi connectivity index (χ1) is 10.5. The molecule has 118 valence electrons. The van der Waals surface area contributed by atoms with Crippen molar-refractivity contribution < 1.29 is 4.79 Å². The van der Waals surface area contributed by atoms with Crippen molar-refractivity contribution in [2.75, 3.05) is 11.2 Å². The average Bonchev–Trinajstić information content (AvgIpc) is 2.83. The van der Waals surface area contributed by atoms with E-state index in [-0.39, 0.29) is 11.2 Å². The van der Waals surface area contributed by atoms with Crippen LogP contribution in [-0.2, 0) is 11.2 Å². The van der Waals surface area contributed by atoms with Gasteiger partial charge in [-0.15, -0.1) is 10.2 Å². The molecule has 0 spiro atoms. The summed E-state index contributed by atoms with van der Waals surface area (Å²) in [5, 5.41) is 11.5. The summed E-state index contributed by atoms with van der Waals surface area (Å²) in [6, 6.07) is 7.10. The number of thioether (sulfide) groups is 1. The van der Waals surface area contributed by atoms with E-state index in [9.17, 15) is 4.79 Å². The van der Waals surface area contributed by atoms with Crippen molar-refractivity contribution >= 4 is 35.0 Å². The molecule has 0 aliphatic carbocycles. The van der Waals surface area contributed by atoms with Crippen LogP contribution in [0.3, 0.4) is 0 Å². The molecule has 1 aromatic carbocycles. The second-order valence-electron chi connectivity index (χ2n) is 4.75. The van der Waals surface area contributed by atoms with Crippen LogP contribution < -0.4 is 11.2 Å². The number of para-hydroxylation sites is 1. The van der Waals surface area contributed by atoms with Gasteiger partial charge >= 0.3 is 0 Å². The fraction of sp³-hybridized carbons (Fsp3) is 0.357. The molecule has 1 heterocycles. The number of halogens is 1. The average molecular weight is 340 g/mol. The molecule has 6 nitrogen and oxygen atoms in total. The van der Waals surface area contributed by atoms with E-state index in [4.69, 9.17) is 17.4 Å². The first-order valence-corrected chi connectivity index (χ1v) is 8.20. The number of aryl methyl sites for hydroxylation is 1. The van der Waals surface area contributed by atoms with E-state index in [1.54, 1.807) is 19.1 Å². The Labute approximate surface area is 138 Å². The molecule has 1 unspecified atom stereocenters. The highest BCUT2D eigenvalue weighted by Gasteiger charge is 2.19. The summed E-state index contributed by atoms with van der Waals surface area (Å²) >= 11 is 7.29. The molecule has 0 radical (unpaired) electrons. The monoisotopic (exact) mass is 339 g/mol. The number of nitrogens with one attached hydrogen (secondary N) is 1. The number of aromatic nitrogens is 3. The number of anilines is 1. The lowest BCUT2D eigenvalue weighted by molar-refractivity contribution is -0.115. The zero-order valence-electron chi connectivity index (χ0n) is 12.4. The van der Waals surface area contributed by atoms with Gasteiger partial charge in [-0.2, -0.15) is 0 Å². The molecule has 0 aliphatic heterocycles. The fourth-order valence-corrected chi connectivity index (χ4v) is 2.76. The van der Waals surface area contributed by atoms with E-state index in [1.807, 2.05) is 19.1 Å². The van der Waals surface area contributed by atoms with Crippen LogP contribution in [0.5, 0.6) is 0 Å². The summed E-state index contributed by atoms with van der Waals surface area (Å²) in [7, 11) is 0. The van der Waals surface area contributed by atoms with Crippen LogP contribution in [0.15, 0.2) is 29.4 Å². The highest BCUT2D eigenvalue weighted by atomic mass is 35.5. The smallest absolute Gasteiger partial charge is 0.237 e. The van der Waals surface area contributed by atoms with Gasteiger partial charge in [-0.3, -0.25) is 4.79 Å². The lowest BCUT2D eigenvalue weighted by atomic mass is 10.3. The molecule has 0 saturated heterocycles. The molecule has 22 heavy (non-hydrogen) atoms. The summed E-state index contributed by atoms with van der Waals surface area (Å²) in [6.45, 7) is 3.83. The highest BCUT2D eigenvalue weighted by Crippen LogP contribution is 2.25. The van der Waals surface area contributed by atoms with E-state index >= 15 is 0 Å². The van der Waals surface area contributed by atoms with Gasteiger partial charge in [0.15, 0.2) is 5.82 Å². The molecule has 1 atom stereocenters. The van der Waals surface area contributed by atoms with Crippen molar-refractivity contribution in [3.8, 4) is 0 Å². The Morgan fingerprint density at radius 1 is 1.45 bits per heavy atom. The zero-order chi connectivity index (χ0) is 16.1. The van der Waals surface area contributed by atoms with E-state index in [1.165, 1.54) is 16.4 Å². The van der Waals surface area contributed by atoms with Crippen LogP contribution >= 0.6 is 23.4 Å². The van der Waals surface area contributed by atoms with E-state index in [0.29, 0.717) is 21.7 Å². The number of hydrogen-bond acceptors (Lipinski definition) is 5. The molecular formula is C14H18ClN5OS. The number of hydrogen-bond donors (Lipinski definition) is 2. The summed E-state index contributed by atoms with van der Waals surface area (Å²) in [5.41, 5.74) is 0.586. The van der Waals surface area contributed by atoms with Gasteiger partial charge < -0.3 is 11.2 Å². The number of carbonyl (C=O) groups is 1. The largest absolute Gasteiger partial charge is 0.336 e. The van der Waals surface area contributed by atoms with Crippen LogP contribution in [-0.4, -0.2) is 26.0 Å². The topological polar surface area (TPSA) is 85.8 Å². The van der Waals surface area contributed by atoms with E-state index in [2.05, 4.69) is 15.5 Å². The Balaban J connectivity index is 2.01. The van der Waals surface area contributed by atoms with Crippen molar-refractivity contribution in [3.63, 3.8) is 0 Å². The number of benzene rings is 1. The quantitative estimate of drug-likeness (QED) is 0.624.